The number of carbonyl (C=O) groups is 1. The van der Waals surface area contributed by atoms with Crippen molar-refractivity contribution < 1.29 is 9.53 Å². The number of aryl methyl sites for hydroxylation is 2. The number of carbonyl (C=O) groups excluding carboxylic acids is 1. The molecule has 0 radical (unpaired) electrons. The summed E-state index contributed by atoms with van der Waals surface area (Å²) < 4.78 is 4.98. The molecule has 0 saturated heterocycles. The second-order valence-electron chi connectivity index (χ2n) is 5.32. The van der Waals surface area contributed by atoms with Gasteiger partial charge in [-0.15, -0.1) is 0 Å². The summed E-state index contributed by atoms with van der Waals surface area (Å²) in [5.74, 6) is -0.292. The molecule has 3 heteroatoms. The number of rotatable bonds is 5. The summed E-state index contributed by atoms with van der Waals surface area (Å²) in [6.45, 7) is 2.20. The standard InChI is InChI=1S/C19H19NO2/c1-2-22-19(21)18-12-15(13-20-18)8-7-14-9-10-16-5-3-4-6-17(16)11-14/h3-6,9-13,20H,2,7-8H2,1H3. The molecule has 1 N–H and O–H groups in total. The van der Waals surface area contributed by atoms with E-state index in [2.05, 4.69) is 47.4 Å². The van der Waals surface area contributed by atoms with Crippen LogP contribution in [0.5, 0.6) is 0 Å². The minimum atomic E-state index is -0.292. The van der Waals surface area contributed by atoms with E-state index >= 15 is 0 Å². The van der Waals surface area contributed by atoms with Crippen LogP contribution in [-0.2, 0) is 17.6 Å². The highest BCUT2D eigenvalue weighted by Gasteiger charge is 2.09. The van der Waals surface area contributed by atoms with Gasteiger partial charge in [-0.1, -0.05) is 42.5 Å². The maximum absolute atomic E-state index is 11.6. The maximum atomic E-state index is 11.6. The maximum Gasteiger partial charge on any atom is 0.354 e. The van der Waals surface area contributed by atoms with E-state index < -0.39 is 0 Å². The van der Waals surface area contributed by atoms with Crippen LogP contribution in [0.1, 0.15) is 28.5 Å². The first-order valence-electron chi connectivity index (χ1n) is 7.58. The van der Waals surface area contributed by atoms with Crippen molar-refractivity contribution in [3.05, 3.63) is 71.5 Å². The van der Waals surface area contributed by atoms with Crippen molar-refractivity contribution in [3.63, 3.8) is 0 Å². The Labute approximate surface area is 129 Å². The van der Waals surface area contributed by atoms with E-state index in [1.807, 2.05) is 19.2 Å². The Hall–Kier alpha value is -2.55. The number of H-pyrrole nitrogens is 1. The third-order valence-corrected chi connectivity index (χ3v) is 3.75. The lowest BCUT2D eigenvalue weighted by molar-refractivity contribution is 0.0520. The highest BCUT2D eigenvalue weighted by atomic mass is 16.5. The normalized spacial score (nSPS) is 10.8. The summed E-state index contributed by atoms with van der Waals surface area (Å²) >= 11 is 0. The zero-order valence-corrected chi connectivity index (χ0v) is 12.6. The van der Waals surface area contributed by atoms with Crippen LogP contribution >= 0.6 is 0 Å². The van der Waals surface area contributed by atoms with Gasteiger partial charge in [0.05, 0.1) is 6.61 Å². The number of hydrogen-bond donors (Lipinski definition) is 1. The molecule has 0 amide bonds. The van der Waals surface area contributed by atoms with Gasteiger partial charge < -0.3 is 9.72 Å². The molecule has 0 aliphatic heterocycles. The second kappa shape index (κ2) is 6.48. The molecule has 0 fully saturated rings. The largest absolute Gasteiger partial charge is 0.461 e. The van der Waals surface area contributed by atoms with Gasteiger partial charge in [-0.05, 0) is 47.7 Å². The fraction of sp³-hybridized carbons (Fsp3) is 0.211. The van der Waals surface area contributed by atoms with Crippen LogP contribution in [0.2, 0.25) is 0 Å². The molecule has 112 valence electrons. The summed E-state index contributed by atoms with van der Waals surface area (Å²) in [7, 11) is 0. The van der Waals surface area contributed by atoms with Crippen LogP contribution in [0.3, 0.4) is 0 Å². The van der Waals surface area contributed by atoms with Gasteiger partial charge in [0.15, 0.2) is 0 Å². The summed E-state index contributed by atoms with van der Waals surface area (Å²) in [5, 5.41) is 2.53. The van der Waals surface area contributed by atoms with Crippen LogP contribution in [-0.4, -0.2) is 17.6 Å². The van der Waals surface area contributed by atoms with Crippen LogP contribution in [0.25, 0.3) is 10.8 Å². The summed E-state index contributed by atoms with van der Waals surface area (Å²) in [5.41, 5.74) is 2.95. The third-order valence-electron chi connectivity index (χ3n) is 3.75. The number of hydrogen-bond acceptors (Lipinski definition) is 2. The summed E-state index contributed by atoms with van der Waals surface area (Å²) in [6, 6.07) is 16.8. The van der Waals surface area contributed by atoms with Crippen molar-refractivity contribution >= 4 is 16.7 Å². The first kappa shape index (κ1) is 14.4. The van der Waals surface area contributed by atoms with Gasteiger partial charge in [-0.3, -0.25) is 0 Å². The monoisotopic (exact) mass is 293 g/mol. The average molecular weight is 293 g/mol. The zero-order chi connectivity index (χ0) is 15.4. The predicted octanol–water partition coefficient (Wildman–Crippen LogP) is 4.13. The Morgan fingerprint density at radius 2 is 1.77 bits per heavy atom. The molecule has 22 heavy (non-hydrogen) atoms. The van der Waals surface area contributed by atoms with Crippen LogP contribution < -0.4 is 0 Å². The average Bonchev–Trinajstić information content (AvgIpc) is 3.02. The topological polar surface area (TPSA) is 42.1 Å². The van der Waals surface area contributed by atoms with Gasteiger partial charge in [0.1, 0.15) is 5.69 Å². The molecule has 0 aliphatic carbocycles. The first-order valence-corrected chi connectivity index (χ1v) is 7.58. The molecular formula is C19H19NO2. The van der Waals surface area contributed by atoms with Crippen molar-refractivity contribution in [2.45, 2.75) is 19.8 Å². The summed E-state index contributed by atoms with van der Waals surface area (Å²) in [6.07, 6.45) is 3.73. The van der Waals surface area contributed by atoms with Gasteiger partial charge in [0.25, 0.3) is 0 Å². The quantitative estimate of drug-likeness (QED) is 0.719. The van der Waals surface area contributed by atoms with Gasteiger partial charge >= 0.3 is 5.97 Å². The molecule has 0 atom stereocenters. The van der Waals surface area contributed by atoms with Gasteiger partial charge in [0, 0.05) is 6.20 Å². The van der Waals surface area contributed by atoms with Gasteiger partial charge in [-0.2, -0.15) is 0 Å². The fourth-order valence-electron chi connectivity index (χ4n) is 2.59. The van der Waals surface area contributed by atoms with Crippen molar-refractivity contribution in [3.8, 4) is 0 Å². The smallest absolute Gasteiger partial charge is 0.354 e. The van der Waals surface area contributed by atoms with Crippen LogP contribution in [0.4, 0.5) is 0 Å². The molecule has 2 aromatic carbocycles. The molecule has 0 saturated carbocycles. The Morgan fingerprint density at radius 3 is 2.59 bits per heavy atom. The predicted molar refractivity (Wildman–Crippen MR) is 88.1 cm³/mol. The van der Waals surface area contributed by atoms with Crippen molar-refractivity contribution in [2.75, 3.05) is 6.61 Å². The SMILES string of the molecule is CCOC(=O)c1cc(CCc2ccc3ccccc3c2)c[nH]1. The Kier molecular flexibility index (Phi) is 4.24. The van der Waals surface area contributed by atoms with Crippen molar-refractivity contribution in [1.82, 2.24) is 4.98 Å². The van der Waals surface area contributed by atoms with E-state index in [0.29, 0.717) is 12.3 Å². The molecule has 1 aromatic heterocycles. The molecule has 1 heterocycles. The fourth-order valence-corrected chi connectivity index (χ4v) is 2.59. The van der Waals surface area contributed by atoms with Gasteiger partial charge in [-0.25, -0.2) is 4.79 Å². The van der Waals surface area contributed by atoms with E-state index in [0.717, 1.165) is 18.4 Å². The molecule has 0 unspecified atom stereocenters. The van der Waals surface area contributed by atoms with Gasteiger partial charge in [0.2, 0.25) is 0 Å². The Bertz CT molecular complexity index is 789. The van der Waals surface area contributed by atoms with Crippen LogP contribution in [0.15, 0.2) is 54.7 Å². The van der Waals surface area contributed by atoms with E-state index in [4.69, 9.17) is 4.74 Å². The Balaban J connectivity index is 1.67. The molecule has 3 rings (SSSR count). The third kappa shape index (κ3) is 3.19. The van der Waals surface area contributed by atoms with E-state index in [-0.39, 0.29) is 5.97 Å². The number of aromatic nitrogens is 1. The minimum Gasteiger partial charge on any atom is -0.461 e. The lowest BCUT2D eigenvalue weighted by atomic mass is 10.0. The lowest BCUT2D eigenvalue weighted by Crippen LogP contribution is -2.04. The van der Waals surface area contributed by atoms with E-state index in [1.54, 1.807) is 0 Å². The highest BCUT2D eigenvalue weighted by Crippen LogP contribution is 2.17. The minimum absolute atomic E-state index is 0.292. The number of ether oxygens (including phenoxy) is 1. The number of nitrogens with one attached hydrogen (secondary N) is 1. The molecule has 0 bridgehead atoms. The second-order valence-corrected chi connectivity index (χ2v) is 5.32. The lowest BCUT2D eigenvalue weighted by Gasteiger charge is -2.03. The van der Waals surface area contributed by atoms with Crippen molar-refractivity contribution in [2.24, 2.45) is 0 Å². The zero-order valence-electron chi connectivity index (χ0n) is 12.6. The highest BCUT2D eigenvalue weighted by molar-refractivity contribution is 5.87. The molecule has 0 aliphatic rings. The summed E-state index contributed by atoms with van der Waals surface area (Å²) in [4.78, 5) is 14.6. The number of benzene rings is 2. The van der Waals surface area contributed by atoms with E-state index in [1.165, 1.54) is 16.3 Å². The number of fused-ring (bicyclic) bond motifs is 1. The first-order chi connectivity index (χ1) is 10.8. The van der Waals surface area contributed by atoms with Crippen LogP contribution in [0, 0.1) is 0 Å². The molecule has 0 spiro atoms. The molecular weight excluding hydrogens is 274 g/mol. The number of aromatic amines is 1. The molecule has 3 aromatic rings. The van der Waals surface area contributed by atoms with Crippen molar-refractivity contribution in [1.29, 1.82) is 0 Å². The van der Waals surface area contributed by atoms with E-state index in [9.17, 15) is 4.79 Å². The number of esters is 1. The molecule has 3 nitrogen and oxygen atoms in total. The Morgan fingerprint density at radius 1 is 1.00 bits per heavy atom.